The van der Waals surface area contributed by atoms with Crippen molar-refractivity contribution in [2.75, 3.05) is 13.1 Å². The average Bonchev–Trinajstić information content (AvgIpc) is 2.50. The highest BCUT2D eigenvalue weighted by Gasteiger charge is 2.41. The molecule has 1 N–H and O–H groups in total. The number of alkyl halides is 3. The molecule has 10 heteroatoms. The van der Waals surface area contributed by atoms with Crippen LogP contribution in [-0.2, 0) is 4.74 Å². The number of carbonyl (C=O) groups is 1. The SMILES string of the molecule is C[C@@H]1CN([C@H](NC(=O)c2cccc([N+](=O)[O-])c2)C(Cl)(Cl)Cl)C[C@H](C)O1. The first-order valence-electron chi connectivity index (χ1n) is 7.59. The molecule has 25 heavy (non-hydrogen) atoms. The van der Waals surface area contributed by atoms with E-state index in [-0.39, 0.29) is 23.5 Å². The van der Waals surface area contributed by atoms with Gasteiger partial charge in [0.15, 0.2) is 0 Å². The molecule has 0 radical (unpaired) electrons. The molecule has 1 saturated heterocycles. The third-order valence-electron chi connectivity index (χ3n) is 3.71. The summed E-state index contributed by atoms with van der Waals surface area (Å²) < 4.78 is 3.87. The third-order valence-corrected chi connectivity index (χ3v) is 4.33. The van der Waals surface area contributed by atoms with Gasteiger partial charge in [-0.25, -0.2) is 0 Å². The molecule has 1 fully saturated rings. The molecule has 0 aliphatic carbocycles. The summed E-state index contributed by atoms with van der Waals surface area (Å²) in [6.07, 6.45) is -1.08. The zero-order valence-electron chi connectivity index (χ0n) is 13.6. The number of rotatable bonds is 4. The van der Waals surface area contributed by atoms with E-state index in [4.69, 9.17) is 39.5 Å². The average molecular weight is 411 g/mol. The van der Waals surface area contributed by atoms with Crippen molar-refractivity contribution in [1.82, 2.24) is 10.2 Å². The zero-order valence-corrected chi connectivity index (χ0v) is 15.9. The summed E-state index contributed by atoms with van der Waals surface area (Å²) >= 11 is 18.2. The number of benzene rings is 1. The first-order chi connectivity index (χ1) is 11.6. The van der Waals surface area contributed by atoms with Crippen LogP contribution >= 0.6 is 34.8 Å². The van der Waals surface area contributed by atoms with Gasteiger partial charge in [-0.2, -0.15) is 0 Å². The van der Waals surface area contributed by atoms with Gasteiger partial charge in [0.1, 0.15) is 6.17 Å². The molecule has 0 unspecified atom stereocenters. The number of carbonyl (C=O) groups excluding carboxylic acids is 1. The van der Waals surface area contributed by atoms with Crippen molar-refractivity contribution in [2.45, 2.75) is 36.0 Å². The molecule has 138 valence electrons. The Bertz CT molecular complexity index is 643. The monoisotopic (exact) mass is 409 g/mol. The number of ether oxygens (including phenoxy) is 1. The lowest BCUT2D eigenvalue weighted by molar-refractivity contribution is -0.384. The van der Waals surface area contributed by atoms with Crippen LogP contribution in [0.4, 0.5) is 5.69 Å². The smallest absolute Gasteiger partial charge is 0.270 e. The normalized spacial score (nSPS) is 23.1. The fraction of sp³-hybridized carbons (Fsp3) is 0.533. The topological polar surface area (TPSA) is 84.7 Å². The highest BCUT2D eigenvalue weighted by Crippen LogP contribution is 2.33. The number of halogens is 3. The molecule has 0 saturated carbocycles. The van der Waals surface area contributed by atoms with Gasteiger partial charge in [0, 0.05) is 30.8 Å². The molecular formula is C15H18Cl3N3O4. The van der Waals surface area contributed by atoms with E-state index in [1.165, 1.54) is 24.3 Å². The molecule has 7 nitrogen and oxygen atoms in total. The van der Waals surface area contributed by atoms with Crippen molar-refractivity contribution in [3.63, 3.8) is 0 Å². The molecule has 1 amide bonds. The quantitative estimate of drug-likeness (QED) is 0.468. The van der Waals surface area contributed by atoms with Gasteiger partial charge in [0.2, 0.25) is 3.79 Å². The molecule has 1 heterocycles. The Morgan fingerprint density at radius 3 is 2.48 bits per heavy atom. The zero-order chi connectivity index (χ0) is 18.8. The number of non-ortho nitro benzene ring substituents is 1. The number of nitrogens with zero attached hydrogens (tertiary/aromatic N) is 2. The molecule has 1 aromatic carbocycles. The van der Waals surface area contributed by atoms with E-state index in [0.29, 0.717) is 13.1 Å². The van der Waals surface area contributed by atoms with Crippen molar-refractivity contribution in [3.8, 4) is 0 Å². The van der Waals surface area contributed by atoms with Crippen LogP contribution in [0, 0.1) is 10.1 Å². The van der Waals surface area contributed by atoms with Crippen LogP contribution in [0.15, 0.2) is 24.3 Å². The number of nitrogens with one attached hydrogen (secondary N) is 1. The second-order valence-corrected chi connectivity index (χ2v) is 8.31. The van der Waals surface area contributed by atoms with Gasteiger partial charge in [-0.3, -0.25) is 19.8 Å². The molecule has 0 bridgehead atoms. The van der Waals surface area contributed by atoms with E-state index < -0.39 is 20.8 Å². The summed E-state index contributed by atoms with van der Waals surface area (Å²) in [4.78, 5) is 24.6. The van der Waals surface area contributed by atoms with Gasteiger partial charge in [-0.05, 0) is 19.9 Å². The van der Waals surface area contributed by atoms with Crippen LogP contribution in [0.3, 0.4) is 0 Å². The minimum Gasteiger partial charge on any atom is -0.373 e. The van der Waals surface area contributed by atoms with Gasteiger partial charge in [0.25, 0.3) is 11.6 Å². The fourth-order valence-electron chi connectivity index (χ4n) is 2.78. The highest BCUT2D eigenvalue weighted by molar-refractivity contribution is 6.68. The molecule has 2 rings (SSSR count). The van der Waals surface area contributed by atoms with Gasteiger partial charge >= 0.3 is 0 Å². The highest BCUT2D eigenvalue weighted by atomic mass is 35.6. The predicted octanol–water partition coefficient (Wildman–Crippen LogP) is 3.13. The summed E-state index contributed by atoms with van der Waals surface area (Å²) in [5, 5.41) is 13.5. The van der Waals surface area contributed by atoms with Crippen molar-refractivity contribution >= 4 is 46.4 Å². The van der Waals surface area contributed by atoms with Gasteiger partial charge in [-0.15, -0.1) is 0 Å². The summed E-state index contributed by atoms with van der Waals surface area (Å²) in [6.45, 7) is 4.72. The van der Waals surface area contributed by atoms with Crippen LogP contribution in [-0.4, -0.2) is 51.0 Å². The first kappa shape index (κ1) is 20.2. The number of morpholine rings is 1. The van der Waals surface area contributed by atoms with E-state index in [9.17, 15) is 14.9 Å². The van der Waals surface area contributed by atoms with Crippen molar-refractivity contribution < 1.29 is 14.5 Å². The molecule has 3 atom stereocenters. The van der Waals surface area contributed by atoms with E-state index >= 15 is 0 Å². The maximum atomic E-state index is 12.5. The number of hydrogen-bond acceptors (Lipinski definition) is 5. The first-order valence-corrected chi connectivity index (χ1v) is 8.73. The molecule has 0 aromatic heterocycles. The Labute approximate surface area is 160 Å². The number of amides is 1. The predicted molar refractivity (Wildman–Crippen MR) is 96.2 cm³/mol. The molecular weight excluding hydrogens is 393 g/mol. The van der Waals surface area contributed by atoms with Crippen molar-refractivity contribution in [1.29, 1.82) is 0 Å². The van der Waals surface area contributed by atoms with Crippen LogP contribution in [0.5, 0.6) is 0 Å². The van der Waals surface area contributed by atoms with E-state index in [1.54, 1.807) is 0 Å². The van der Waals surface area contributed by atoms with Gasteiger partial charge in [0.05, 0.1) is 17.1 Å². The Morgan fingerprint density at radius 1 is 1.36 bits per heavy atom. The lowest BCUT2D eigenvalue weighted by atomic mass is 10.1. The Kier molecular flexibility index (Phi) is 6.51. The molecule has 1 aliphatic heterocycles. The number of hydrogen-bond donors (Lipinski definition) is 1. The minimum atomic E-state index is -1.78. The fourth-order valence-corrected chi connectivity index (χ4v) is 3.35. The molecule has 1 aliphatic rings. The van der Waals surface area contributed by atoms with Gasteiger partial charge < -0.3 is 10.1 Å². The maximum absolute atomic E-state index is 12.5. The van der Waals surface area contributed by atoms with E-state index in [2.05, 4.69) is 5.32 Å². The van der Waals surface area contributed by atoms with Crippen LogP contribution in [0.1, 0.15) is 24.2 Å². The van der Waals surface area contributed by atoms with Crippen LogP contribution in [0.2, 0.25) is 0 Å². The standard InChI is InChI=1S/C15H18Cl3N3O4/c1-9-7-20(8-10(2)25-9)14(15(16,17)18)19-13(22)11-4-3-5-12(6-11)21(23)24/h3-6,9-10,14H,7-8H2,1-2H3,(H,19,22)/t9-,10+,14-/m0/s1. The summed E-state index contributed by atoms with van der Waals surface area (Å²) in [7, 11) is 0. The van der Waals surface area contributed by atoms with E-state index in [1.807, 2.05) is 18.7 Å². The maximum Gasteiger partial charge on any atom is 0.270 e. The summed E-state index contributed by atoms with van der Waals surface area (Å²) in [5.74, 6) is -0.563. The number of nitro benzene ring substituents is 1. The minimum absolute atomic E-state index is 0.0895. The lowest BCUT2D eigenvalue weighted by Crippen LogP contribution is -2.60. The summed E-state index contributed by atoms with van der Waals surface area (Å²) in [5.41, 5.74) is -0.0745. The van der Waals surface area contributed by atoms with Crippen molar-refractivity contribution in [2.24, 2.45) is 0 Å². The third kappa shape index (κ3) is 5.43. The Hall–Kier alpha value is -1.12. The van der Waals surface area contributed by atoms with E-state index in [0.717, 1.165) is 0 Å². The van der Waals surface area contributed by atoms with Crippen LogP contribution < -0.4 is 5.32 Å². The Morgan fingerprint density at radius 2 is 1.96 bits per heavy atom. The molecule has 0 spiro atoms. The van der Waals surface area contributed by atoms with Gasteiger partial charge in [-0.1, -0.05) is 40.9 Å². The number of nitro groups is 1. The summed E-state index contributed by atoms with van der Waals surface area (Å²) in [6, 6.07) is 5.36. The lowest BCUT2D eigenvalue weighted by Gasteiger charge is -2.42. The largest absolute Gasteiger partial charge is 0.373 e. The second-order valence-electron chi connectivity index (χ2n) is 5.94. The Balaban J connectivity index is 2.21. The molecule has 1 aromatic rings. The van der Waals surface area contributed by atoms with Crippen LogP contribution in [0.25, 0.3) is 0 Å². The second kappa shape index (κ2) is 8.05. The van der Waals surface area contributed by atoms with Crippen molar-refractivity contribution in [3.05, 3.63) is 39.9 Å².